The molecule has 1 aliphatic heterocycles. The molecule has 0 spiro atoms. The number of carbonyl (C=O) groups is 2. The summed E-state index contributed by atoms with van der Waals surface area (Å²) in [6, 6.07) is 11.6. The van der Waals surface area contributed by atoms with Crippen LogP contribution in [0.25, 0.3) is 0 Å². The number of carboxylic acid groups (broad SMARTS) is 1. The molecule has 1 amide bonds. The molecule has 0 radical (unpaired) electrons. The molecule has 9 heteroatoms. The molecule has 1 aromatic carbocycles. The van der Waals surface area contributed by atoms with Crippen molar-refractivity contribution in [3.63, 3.8) is 0 Å². The van der Waals surface area contributed by atoms with Crippen LogP contribution in [-0.4, -0.2) is 52.8 Å². The van der Waals surface area contributed by atoms with E-state index >= 15 is 0 Å². The molecule has 0 saturated carbocycles. The van der Waals surface area contributed by atoms with Crippen LogP contribution in [0, 0.1) is 6.92 Å². The van der Waals surface area contributed by atoms with Crippen molar-refractivity contribution >= 4 is 17.6 Å². The normalized spacial score (nSPS) is 13.1. The van der Waals surface area contributed by atoms with E-state index in [4.69, 9.17) is 9.47 Å². The second-order valence-electron chi connectivity index (χ2n) is 7.93. The summed E-state index contributed by atoms with van der Waals surface area (Å²) < 4.78 is 11.4. The van der Waals surface area contributed by atoms with Gasteiger partial charge in [0.25, 0.3) is 5.91 Å². The van der Waals surface area contributed by atoms with Gasteiger partial charge in [0, 0.05) is 43.0 Å². The average Bonchev–Trinajstić information content (AvgIpc) is 2.84. The summed E-state index contributed by atoms with van der Waals surface area (Å²) >= 11 is 0. The number of nitrogens with one attached hydrogen (secondary N) is 2. The maximum absolute atomic E-state index is 12.5. The van der Waals surface area contributed by atoms with E-state index in [9.17, 15) is 14.7 Å². The lowest BCUT2D eigenvalue weighted by molar-refractivity contribution is -0.139. The fourth-order valence-electron chi connectivity index (χ4n) is 3.59. The number of hydrogen-bond donors (Lipinski definition) is 3. The van der Waals surface area contributed by atoms with Gasteiger partial charge in [0.2, 0.25) is 5.88 Å². The van der Waals surface area contributed by atoms with Gasteiger partial charge >= 0.3 is 5.97 Å². The topological polar surface area (TPSA) is 123 Å². The fourth-order valence-corrected chi connectivity index (χ4v) is 3.59. The van der Waals surface area contributed by atoms with Gasteiger partial charge in [0.1, 0.15) is 18.4 Å². The third-order valence-electron chi connectivity index (χ3n) is 5.43. The lowest BCUT2D eigenvalue weighted by Crippen LogP contribution is -2.42. The summed E-state index contributed by atoms with van der Waals surface area (Å²) in [7, 11) is 0. The molecule has 0 unspecified atom stereocenters. The summed E-state index contributed by atoms with van der Waals surface area (Å²) in [6.07, 6.45) is 3.84. The molecule has 0 aliphatic carbocycles. The maximum atomic E-state index is 12.5. The van der Waals surface area contributed by atoms with Crippen LogP contribution in [0.2, 0.25) is 0 Å². The SMILES string of the molecule is Cc1cnccc1C(=O)N[C@@H](Cc1ccc(OCCc2ccc3c(n2)OCCN3)cc1)C(=O)O. The zero-order chi connectivity index (χ0) is 23.9. The number of pyridine rings is 2. The first-order valence-electron chi connectivity index (χ1n) is 11.0. The van der Waals surface area contributed by atoms with Gasteiger partial charge in [-0.3, -0.25) is 9.78 Å². The standard InChI is InChI=1S/C25H26N4O5/c1-16-15-26-10-8-20(16)23(30)29-22(25(31)32)14-17-2-5-19(6-3-17)33-12-9-18-4-7-21-24(28-18)34-13-11-27-21/h2-8,10,15,22,27H,9,11-14H2,1H3,(H,29,30)(H,31,32)/t22-/m0/s1. The summed E-state index contributed by atoms with van der Waals surface area (Å²) in [5.41, 5.74) is 3.64. The first kappa shape index (κ1) is 23.0. The van der Waals surface area contributed by atoms with Crippen molar-refractivity contribution in [2.45, 2.75) is 25.8 Å². The number of amides is 1. The lowest BCUT2D eigenvalue weighted by Gasteiger charge is -2.18. The monoisotopic (exact) mass is 462 g/mol. The third-order valence-corrected chi connectivity index (χ3v) is 5.43. The van der Waals surface area contributed by atoms with Crippen molar-refractivity contribution in [3.05, 3.63) is 77.2 Å². The lowest BCUT2D eigenvalue weighted by atomic mass is 10.0. The van der Waals surface area contributed by atoms with Gasteiger partial charge in [-0.25, -0.2) is 9.78 Å². The number of anilines is 1. The predicted molar refractivity (Wildman–Crippen MR) is 125 cm³/mol. The minimum Gasteiger partial charge on any atom is -0.493 e. The van der Waals surface area contributed by atoms with E-state index in [0.29, 0.717) is 42.4 Å². The van der Waals surface area contributed by atoms with Crippen molar-refractivity contribution in [2.24, 2.45) is 0 Å². The van der Waals surface area contributed by atoms with Crippen LogP contribution >= 0.6 is 0 Å². The van der Waals surface area contributed by atoms with E-state index in [1.54, 1.807) is 43.5 Å². The number of nitrogens with zero attached hydrogens (tertiary/aromatic N) is 2. The van der Waals surface area contributed by atoms with E-state index in [1.807, 2.05) is 12.1 Å². The summed E-state index contributed by atoms with van der Waals surface area (Å²) in [6.45, 7) is 3.57. The third kappa shape index (κ3) is 5.80. The highest BCUT2D eigenvalue weighted by Gasteiger charge is 2.22. The van der Waals surface area contributed by atoms with Crippen LogP contribution in [0.5, 0.6) is 11.6 Å². The van der Waals surface area contributed by atoms with Crippen LogP contribution < -0.4 is 20.1 Å². The van der Waals surface area contributed by atoms with Crippen LogP contribution in [0.3, 0.4) is 0 Å². The van der Waals surface area contributed by atoms with E-state index in [-0.39, 0.29) is 6.42 Å². The maximum Gasteiger partial charge on any atom is 0.326 e. The molecule has 4 rings (SSSR count). The number of aliphatic carboxylic acids is 1. The van der Waals surface area contributed by atoms with Crippen molar-refractivity contribution in [2.75, 3.05) is 25.1 Å². The highest BCUT2D eigenvalue weighted by molar-refractivity contribution is 5.97. The van der Waals surface area contributed by atoms with Gasteiger partial charge in [-0.15, -0.1) is 0 Å². The molecule has 0 fully saturated rings. The second-order valence-corrected chi connectivity index (χ2v) is 7.93. The summed E-state index contributed by atoms with van der Waals surface area (Å²) in [5, 5.41) is 15.4. The molecular formula is C25H26N4O5. The zero-order valence-corrected chi connectivity index (χ0v) is 18.8. The minimum atomic E-state index is -1.10. The molecular weight excluding hydrogens is 436 g/mol. The molecule has 9 nitrogen and oxygen atoms in total. The Morgan fingerprint density at radius 1 is 1.21 bits per heavy atom. The predicted octanol–water partition coefficient (Wildman–Crippen LogP) is 2.64. The Balaban J connectivity index is 1.30. The smallest absolute Gasteiger partial charge is 0.326 e. The number of aromatic nitrogens is 2. The fraction of sp³-hybridized carbons (Fsp3) is 0.280. The first-order chi connectivity index (χ1) is 16.5. The summed E-state index contributed by atoms with van der Waals surface area (Å²) in [4.78, 5) is 32.7. The zero-order valence-electron chi connectivity index (χ0n) is 18.8. The highest BCUT2D eigenvalue weighted by Crippen LogP contribution is 2.24. The van der Waals surface area contributed by atoms with Crippen molar-refractivity contribution < 1.29 is 24.2 Å². The Bertz CT molecular complexity index is 1170. The molecule has 3 N–H and O–H groups in total. The Hall–Kier alpha value is -4.14. The Morgan fingerprint density at radius 3 is 2.79 bits per heavy atom. The molecule has 1 aliphatic rings. The number of carbonyl (C=O) groups excluding carboxylic acids is 1. The van der Waals surface area contributed by atoms with Gasteiger partial charge in [0.05, 0.1) is 12.3 Å². The molecule has 2 aromatic heterocycles. The van der Waals surface area contributed by atoms with Crippen LogP contribution in [0.1, 0.15) is 27.2 Å². The van der Waals surface area contributed by atoms with Gasteiger partial charge in [-0.2, -0.15) is 0 Å². The highest BCUT2D eigenvalue weighted by atomic mass is 16.5. The quantitative estimate of drug-likeness (QED) is 0.444. The number of carboxylic acids is 1. The van der Waals surface area contributed by atoms with Gasteiger partial charge in [0.15, 0.2) is 0 Å². The van der Waals surface area contributed by atoms with Gasteiger partial charge < -0.3 is 25.2 Å². The molecule has 0 saturated heterocycles. The minimum absolute atomic E-state index is 0.151. The number of rotatable bonds is 9. The van der Waals surface area contributed by atoms with Crippen molar-refractivity contribution in [1.82, 2.24) is 15.3 Å². The van der Waals surface area contributed by atoms with E-state index in [0.717, 1.165) is 23.5 Å². The molecule has 0 bridgehead atoms. The van der Waals surface area contributed by atoms with Crippen LogP contribution in [-0.2, 0) is 17.6 Å². The number of fused-ring (bicyclic) bond motifs is 1. The molecule has 176 valence electrons. The largest absolute Gasteiger partial charge is 0.493 e. The Kier molecular flexibility index (Phi) is 7.22. The number of benzene rings is 1. The summed E-state index contributed by atoms with van der Waals surface area (Å²) in [5.74, 6) is -0.253. The van der Waals surface area contributed by atoms with Crippen molar-refractivity contribution in [3.8, 4) is 11.6 Å². The Morgan fingerprint density at radius 2 is 2.03 bits per heavy atom. The van der Waals surface area contributed by atoms with E-state index in [2.05, 4.69) is 20.6 Å². The molecule has 3 aromatic rings. The second kappa shape index (κ2) is 10.7. The number of hydrogen-bond acceptors (Lipinski definition) is 7. The van der Waals surface area contributed by atoms with E-state index in [1.165, 1.54) is 6.20 Å². The molecule has 1 atom stereocenters. The van der Waals surface area contributed by atoms with Crippen molar-refractivity contribution in [1.29, 1.82) is 0 Å². The van der Waals surface area contributed by atoms with Gasteiger partial charge in [-0.05, 0) is 48.4 Å². The van der Waals surface area contributed by atoms with Gasteiger partial charge in [-0.1, -0.05) is 12.1 Å². The number of ether oxygens (including phenoxy) is 2. The number of aryl methyl sites for hydroxylation is 1. The van der Waals surface area contributed by atoms with Crippen LogP contribution in [0.4, 0.5) is 5.69 Å². The average molecular weight is 463 g/mol. The van der Waals surface area contributed by atoms with Crippen LogP contribution in [0.15, 0.2) is 54.9 Å². The first-order valence-corrected chi connectivity index (χ1v) is 11.0. The van der Waals surface area contributed by atoms with E-state index < -0.39 is 17.9 Å². The Labute approximate surface area is 197 Å². The molecule has 3 heterocycles. The molecule has 34 heavy (non-hydrogen) atoms.